The van der Waals surface area contributed by atoms with Crippen LogP contribution in [0.1, 0.15) is 44.7 Å². The molecule has 1 aliphatic carbocycles. The third kappa shape index (κ3) is 3.35. The Hall–Kier alpha value is -0.830. The molecular weight excluding hydrogens is 222 g/mol. The second-order valence-electron chi connectivity index (χ2n) is 5.81. The van der Waals surface area contributed by atoms with Gasteiger partial charge in [-0.1, -0.05) is 19.8 Å². The van der Waals surface area contributed by atoms with Crippen LogP contribution in [0.3, 0.4) is 0 Å². The first-order valence-electron chi connectivity index (χ1n) is 7.38. The van der Waals surface area contributed by atoms with Crippen LogP contribution in [-0.2, 0) is 13.5 Å². The van der Waals surface area contributed by atoms with Gasteiger partial charge in [0.2, 0.25) is 0 Å². The van der Waals surface area contributed by atoms with E-state index in [9.17, 15) is 0 Å². The number of hydrogen-bond donors (Lipinski definition) is 1. The van der Waals surface area contributed by atoms with E-state index in [1.165, 1.54) is 37.8 Å². The Balaban J connectivity index is 1.97. The van der Waals surface area contributed by atoms with Gasteiger partial charge in [-0.15, -0.1) is 0 Å². The van der Waals surface area contributed by atoms with E-state index in [2.05, 4.69) is 36.7 Å². The molecule has 3 heteroatoms. The molecule has 3 atom stereocenters. The number of nitrogens with zero attached hydrogens (tertiary/aromatic N) is 2. The molecule has 2 rings (SSSR count). The second kappa shape index (κ2) is 6.37. The average molecular weight is 249 g/mol. The molecule has 0 saturated heterocycles. The number of nitrogens with one attached hydrogen (secondary N) is 1. The van der Waals surface area contributed by atoms with Crippen LogP contribution in [0.4, 0.5) is 0 Å². The van der Waals surface area contributed by atoms with E-state index in [1.807, 2.05) is 11.7 Å². The van der Waals surface area contributed by atoms with Crippen LogP contribution in [0.5, 0.6) is 0 Å². The van der Waals surface area contributed by atoms with Gasteiger partial charge in [-0.3, -0.25) is 4.68 Å². The molecule has 1 aromatic heterocycles. The van der Waals surface area contributed by atoms with Crippen molar-refractivity contribution in [1.29, 1.82) is 0 Å². The van der Waals surface area contributed by atoms with Gasteiger partial charge in [0.25, 0.3) is 0 Å². The Morgan fingerprint density at radius 3 is 2.89 bits per heavy atom. The lowest BCUT2D eigenvalue weighted by Gasteiger charge is -2.36. The lowest BCUT2D eigenvalue weighted by Crippen LogP contribution is -2.39. The van der Waals surface area contributed by atoms with Gasteiger partial charge in [-0.05, 0) is 50.6 Å². The molecule has 0 radical (unpaired) electrons. The summed E-state index contributed by atoms with van der Waals surface area (Å²) in [7, 11) is 4.11. The van der Waals surface area contributed by atoms with Crippen LogP contribution < -0.4 is 5.32 Å². The largest absolute Gasteiger partial charge is 0.317 e. The first-order chi connectivity index (χ1) is 8.72. The smallest absolute Gasteiger partial charge is 0.0627 e. The number of aryl methyl sites for hydroxylation is 1. The molecule has 0 aromatic carbocycles. The fraction of sp³-hybridized carbons (Fsp3) is 0.800. The van der Waals surface area contributed by atoms with Crippen LogP contribution in [0.2, 0.25) is 0 Å². The Morgan fingerprint density at radius 2 is 2.28 bits per heavy atom. The monoisotopic (exact) mass is 249 g/mol. The molecule has 3 unspecified atom stereocenters. The normalized spacial score (nSPS) is 28.5. The third-order valence-corrected chi connectivity index (χ3v) is 4.40. The van der Waals surface area contributed by atoms with E-state index in [4.69, 9.17) is 0 Å². The average Bonchev–Trinajstić information content (AvgIpc) is 2.76. The van der Waals surface area contributed by atoms with Gasteiger partial charge in [-0.2, -0.15) is 5.10 Å². The third-order valence-electron chi connectivity index (χ3n) is 4.40. The summed E-state index contributed by atoms with van der Waals surface area (Å²) in [5, 5.41) is 8.04. The summed E-state index contributed by atoms with van der Waals surface area (Å²) >= 11 is 0. The van der Waals surface area contributed by atoms with Crippen molar-refractivity contribution in [3.8, 4) is 0 Å². The van der Waals surface area contributed by atoms with E-state index in [0.717, 1.165) is 18.3 Å². The molecule has 1 fully saturated rings. The lowest BCUT2D eigenvalue weighted by molar-refractivity contribution is 0.199. The maximum atomic E-state index is 4.53. The van der Waals surface area contributed by atoms with Crippen LogP contribution >= 0.6 is 0 Å². The van der Waals surface area contributed by atoms with E-state index >= 15 is 0 Å². The van der Waals surface area contributed by atoms with Gasteiger partial charge in [0.15, 0.2) is 0 Å². The first-order valence-corrected chi connectivity index (χ1v) is 7.38. The summed E-state index contributed by atoms with van der Waals surface area (Å²) in [5.74, 6) is 1.70. The van der Waals surface area contributed by atoms with Crippen molar-refractivity contribution in [2.75, 3.05) is 7.05 Å². The molecule has 0 bridgehead atoms. The summed E-state index contributed by atoms with van der Waals surface area (Å²) in [6.07, 6.45) is 10.0. The van der Waals surface area contributed by atoms with Gasteiger partial charge in [0.05, 0.1) is 5.69 Å². The quantitative estimate of drug-likeness (QED) is 0.869. The summed E-state index contributed by atoms with van der Waals surface area (Å²) in [6.45, 7) is 2.30. The highest BCUT2D eigenvalue weighted by atomic mass is 15.2. The molecule has 102 valence electrons. The summed E-state index contributed by atoms with van der Waals surface area (Å²) in [5.41, 5.74) is 1.25. The van der Waals surface area contributed by atoms with Gasteiger partial charge < -0.3 is 5.32 Å². The molecule has 0 amide bonds. The molecule has 0 aliphatic heterocycles. The zero-order valence-corrected chi connectivity index (χ0v) is 12.0. The van der Waals surface area contributed by atoms with Gasteiger partial charge >= 0.3 is 0 Å². The maximum Gasteiger partial charge on any atom is 0.0627 e. The fourth-order valence-electron chi connectivity index (χ4n) is 3.48. The Kier molecular flexibility index (Phi) is 4.81. The number of hydrogen-bond acceptors (Lipinski definition) is 2. The van der Waals surface area contributed by atoms with Crippen molar-refractivity contribution in [3.63, 3.8) is 0 Å². The molecule has 1 N–H and O–H groups in total. The molecular formula is C15H27N3. The Morgan fingerprint density at radius 1 is 1.44 bits per heavy atom. The van der Waals surface area contributed by atoms with Gasteiger partial charge in [0.1, 0.15) is 0 Å². The predicted molar refractivity (Wildman–Crippen MR) is 75.5 cm³/mol. The maximum absolute atomic E-state index is 4.53. The van der Waals surface area contributed by atoms with Crippen LogP contribution in [-0.4, -0.2) is 22.9 Å². The van der Waals surface area contributed by atoms with Gasteiger partial charge in [0, 0.05) is 19.3 Å². The zero-order chi connectivity index (χ0) is 13.0. The molecule has 0 spiro atoms. The SMILES string of the molecule is CCCC1CCC(NC)C(Cc2ccn(C)n2)C1. The Labute approximate surface area is 111 Å². The minimum Gasteiger partial charge on any atom is -0.317 e. The van der Waals surface area contributed by atoms with Crippen LogP contribution in [0.25, 0.3) is 0 Å². The molecule has 1 aromatic rings. The van der Waals surface area contributed by atoms with Crippen molar-refractivity contribution in [3.05, 3.63) is 18.0 Å². The van der Waals surface area contributed by atoms with E-state index < -0.39 is 0 Å². The molecule has 3 nitrogen and oxygen atoms in total. The second-order valence-corrected chi connectivity index (χ2v) is 5.81. The summed E-state index contributed by atoms with van der Waals surface area (Å²) in [4.78, 5) is 0. The number of aromatic nitrogens is 2. The van der Waals surface area contributed by atoms with Crippen molar-refractivity contribution in [2.45, 2.75) is 51.5 Å². The predicted octanol–water partition coefficient (Wildman–Crippen LogP) is 2.77. The van der Waals surface area contributed by atoms with E-state index in [0.29, 0.717) is 6.04 Å². The highest BCUT2D eigenvalue weighted by molar-refractivity contribution is 5.02. The van der Waals surface area contributed by atoms with Crippen molar-refractivity contribution in [2.24, 2.45) is 18.9 Å². The van der Waals surface area contributed by atoms with Crippen LogP contribution in [0.15, 0.2) is 12.3 Å². The highest BCUT2D eigenvalue weighted by Crippen LogP contribution is 2.33. The van der Waals surface area contributed by atoms with E-state index in [1.54, 1.807) is 0 Å². The lowest BCUT2D eigenvalue weighted by atomic mass is 9.74. The van der Waals surface area contributed by atoms with Crippen LogP contribution in [0, 0.1) is 11.8 Å². The summed E-state index contributed by atoms with van der Waals surface area (Å²) < 4.78 is 1.91. The standard InChI is InChI=1S/C15H27N3/c1-4-5-12-6-7-15(16-2)13(10-12)11-14-8-9-18(3)17-14/h8-9,12-13,15-16H,4-7,10-11H2,1-3H3. The van der Waals surface area contributed by atoms with Gasteiger partial charge in [-0.25, -0.2) is 0 Å². The molecule has 1 aliphatic rings. The molecule has 1 heterocycles. The summed E-state index contributed by atoms with van der Waals surface area (Å²) in [6, 6.07) is 2.84. The first kappa shape index (κ1) is 13.6. The van der Waals surface area contributed by atoms with Crippen molar-refractivity contribution in [1.82, 2.24) is 15.1 Å². The Bertz CT molecular complexity index is 358. The van der Waals surface area contributed by atoms with Crippen molar-refractivity contribution >= 4 is 0 Å². The topological polar surface area (TPSA) is 29.9 Å². The fourth-order valence-corrected chi connectivity index (χ4v) is 3.48. The highest BCUT2D eigenvalue weighted by Gasteiger charge is 2.29. The molecule has 1 saturated carbocycles. The van der Waals surface area contributed by atoms with Crippen molar-refractivity contribution < 1.29 is 0 Å². The van der Waals surface area contributed by atoms with E-state index in [-0.39, 0.29) is 0 Å². The zero-order valence-electron chi connectivity index (χ0n) is 12.0. The molecule has 18 heavy (non-hydrogen) atoms. The number of rotatable bonds is 5. The minimum absolute atomic E-state index is 0.681. The minimum atomic E-state index is 0.681.